The summed E-state index contributed by atoms with van der Waals surface area (Å²) < 4.78 is 0.963. The number of carboxylic acid groups (broad SMARTS) is 1. The van der Waals surface area contributed by atoms with Crippen LogP contribution < -0.4 is 5.32 Å². The van der Waals surface area contributed by atoms with Crippen molar-refractivity contribution < 1.29 is 14.7 Å². The van der Waals surface area contributed by atoms with E-state index in [2.05, 4.69) is 21.2 Å². The van der Waals surface area contributed by atoms with Crippen LogP contribution >= 0.6 is 38.6 Å². The van der Waals surface area contributed by atoms with Crippen LogP contribution in [0.3, 0.4) is 0 Å². The van der Waals surface area contributed by atoms with Crippen LogP contribution in [-0.2, 0) is 6.54 Å². The molecule has 0 unspecified atom stereocenters. The normalized spacial score (nSPS) is 10.3. The number of carbonyl (C=O) groups is 2. The Morgan fingerprint density at radius 1 is 1.28 bits per heavy atom. The van der Waals surface area contributed by atoms with Crippen molar-refractivity contribution in [3.05, 3.63) is 42.7 Å². The van der Waals surface area contributed by atoms with Crippen molar-refractivity contribution in [1.29, 1.82) is 0 Å². The Balaban J connectivity index is 1.99. The predicted octanol–water partition coefficient (Wildman–Crippen LogP) is 3.20. The molecule has 0 bridgehead atoms. The predicted molar refractivity (Wildman–Crippen MR) is 74.5 cm³/mol. The van der Waals surface area contributed by atoms with Crippen LogP contribution in [-0.4, -0.2) is 17.0 Å². The summed E-state index contributed by atoms with van der Waals surface area (Å²) in [5, 5.41) is 13.5. The van der Waals surface area contributed by atoms with Crippen LogP contribution in [0.25, 0.3) is 0 Å². The smallest absolute Gasteiger partial charge is 0.345 e. The van der Waals surface area contributed by atoms with E-state index in [9.17, 15) is 9.59 Å². The Labute approximate surface area is 119 Å². The lowest BCUT2D eigenvalue weighted by Gasteiger charge is -2.01. The number of aromatic carboxylic acids is 1. The summed E-state index contributed by atoms with van der Waals surface area (Å²) in [4.78, 5) is 24.1. The van der Waals surface area contributed by atoms with Crippen molar-refractivity contribution in [3.63, 3.8) is 0 Å². The molecule has 0 radical (unpaired) electrons. The molecule has 2 aromatic rings. The quantitative estimate of drug-likeness (QED) is 0.894. The maximum atomic E-state index is 11.8. The van der Waals surface area contributed by atoms with Crippen LogP contribution in [0.5, 0.6) is 0 Å². The largest absolute Gasteiger partial charge is 0.477 e. The molecule has 0 atom stereocenters. The highest BCUT2D eigenvalue weighted by Crippen LogP contribution is 2.22. The zero-order valence-electron chi connectivity index (χ0n) is 8.97. The summed E-state index contributed by atoms with van der Waals surface area (Å²) in [6, 6.07) is 4.87. The summed E-state index contributed by atoms with van der Waals surface area (Å²) in [5.41, 5.74) is 0. The standard InChI is InChI=1S/C11H8BrNO3S2/c12-6-3-4-17-9(6)5-13-10(14)7-1-2-8(18-7)11(15)16/h1-4H,5H2,(H,13,14)(H,15,16). The van der Waals surface area contributed by atoms with Crippen molar-refractivity contribution >= 4 is 50.5 Å². The molecular formula is C11H8BrNO3S2. The summed E-state index contributed by atoms with van der Waals surface area (Å²) >= 11 is 5.89. The van der Waals surface area contributed by atoms with Gasteiger partial charge in [-0.2, -0.15) is 0 Å². The van der Waals surface area contributed by atoms with Crippen molar-refractivity contribution in [2.24, 2.45) is 0 Å². The Morgan fingerprint density at radius 2 is 2.00 bits per heavy atom. The lowest BCUT2D eigenvalue weighted by Crippen LogP contribution is -2.21. The molecule has 2 aromatic heterocycles. The minimum absolute atomic E-state index is 0.164. The highest BCUT2D eigenvalue weighted by molar-refractivity contribution is 9.10. The van der Waals surface area contributed by atoms with Gasteiger partial charge in [-0.1, -0.05) is 0 Å². The van der Waals surface area contributed by atoms with E-state index in [-0.39, 0.29) is 10.8 Å². The van der Waals surface area contributed by atoms with Gasteiger partial charge >= 0.3 is 5.97 Å². The maximum absolute atomic E-state index is 11.8. The third kappa shape index (κ3) is 2.98. The van der Waals surface area contributed by atoms with Gasteiger partial charge in [0.15, 0.2) is 0 Å². The lowest BCUT2D eigenvalue weighted by atomic mass is 10.4. The molecule has 18 heavy (non-hydrogen) atoms. The van der Waals surface area contributed by atoms with E-state index in [1.165, 1.54) is 12.1 Å². The van der Waals surface area contributed by atoms with Crippen LogP contribution in [0.2, 0.25) is 0 Å². The fourth-order valence-electron chi connectivity index (χ4n) is 1.27. The van der Waals surface area contributed by atoms with E-state index in [4.69, 9.17) is 5.11 Å². The van der Waals surface area contributed by atoms with Gasteiger partial charge in [-0.15, -0.1) is 22.7 Å². The molecule has 1 amide bonds. The molecule has 4 nitrogen and oxygen atoms in total. The molecular weight excluding hydrogens is 338 g/mol. The third-order valence-corrected chi connectivity index (χ3v) is 5.14. The van der Waals surface area contributed by atoms with Gasteiger partial charge in [0.1, 0.15) is 4.88 Å². The van der Waals surface area contributed by atoms with Crippen LogP contribution in [0.1, 0.15) is 24.2 Å². The van der Waals surface area contributed by atoms with Crippen LogP contribution in [0, 0.1) is 0 Å². The minimum atomic E-state index is -1.01. The average Bonchev–Trinajstić information content (AvgIpc) is 2.94. The molecule has 0 aliphatic carbocycles. The minimum Gasteiger partial charge on any atom is -0.477 e. The number of nitrogens with one attached hydrogen (secondary N) is 1. The zero-order chi connectivity index (χ0) is 13.1. The summed E-state index contributed by atoms with van der Waals surface area (Å²) in [6.45, 7) is 0.428. The van der Waals surface area contributed by atoms with Gasteiger partial charge in [0.05, 0.1) is 11.4 Å². The van der Waals surface area contributed by atoms with E-state index in [1.807, 2.05) is 11.4 Å². The first-order valence-electron chi connectivity index (χ1n) is 4.91. The van der Waals surface area contributed by atoms with E-state index < -0.39 is 5.97 Å². The SMILES string of the molecule is O=C(O)c1ccc(C(=O)NCc2sccc2Br)s1. The number of hydrogen-bond acceptors (Lipinski definition) is 4. The lowest BCUT2D eigenvalue weighted by molar-refractivity contribution is 0.0702. The van der Waals surface area contributed by atoms with Gasteiger partial charge in [0.2, 0.25) is 0 Å². The highest BCUT2D eigenvalue weighted by Gasteiger charge is 2.13. The maximum Gasteiger partial charge on any atom is 0.345 e. The number of halogens is 1. The molecule has 2 N–H and O–H groups in total. The van der Waals surface area contributed by atoms with Gasteiger partial charge in [0.25, 0.3) is 5.91 Å². The zero-order valence-corrected chi connectivity index (χ0v) is 12.2. The van der Waals surface area contributed by atoms with E-state index in [0.29, 0.717) is 11.4 Å². The van der Waals surface area contributed by atoms with Gasteiger partial charge < -0.3 is 10.4 Å². The molecule has 0 aromatic carbocycles. The van der Waals surface area contributed by atoms with Gasteiger partial charge in [-0.05, 0) is 39.5 Å². The Morgan fingerprint density at radius 3 is 2.56 bits per heavy atom. The molecule has 0 saturated carbocycles. The number of carbonyl (C=O) groups excluding carboxylic acids is 1. The van der Waals surface area contributed by atoms with Crippen LogP contribution in [0.15, 0.2) is 28.1 Å². The molecule has 0 saturated heterocycles. The van der Waals surface area contributed by atoms with Gasteiger partial charge in [0, 0.05) is 9.35 Å². The second-order valence-electron chi connectivity index (χ2n) is 3.34. The van der Waals surface area contributed by atoms with E-state index in [0.717, 1.165) is 20.7 Å². The topological polar surface area (TPSA) is 66.4 Å². The molecule has 0 aliphatic rings. The van der Waals surface area contributed by atoms with Crippen molar-refractivity contribution in [1.82, 2.24) is 5.32 Å². The molecule has 94 valence electrons. The first kappa shape index (κ1) is 13.3. The Bertz CT molecular complexity index is 591. The van der Waals surface area contributed by atoms with Crippen molar-refractivity contribution in [2.45, 2.75) is 6.54 Å². The average molecular weight is 346 g/mol. The molecule has 2 heterocycles. The van der Waals surface area contributed by atoms with E-state index >= 15 is 0 Å². The van der Waals surface area contributed by atoms with Crippen LogP contribution in [0.4, 0.5) is 0 Å². The molecule has 2 rings (SSSR count). The summed E-state index contributed by atoms with van der Waals surface area (Å²) in [7, 11) is 0. The third-order valence-electron chi connectivity index (χ3n) is 2.14. The number of carboxylic acids is 1. The number of hydrogen-bond donors (Lipinski definition) is 2. The van der Waals surface area contributed by atoms with Gasteiger partial charge in [-0.3, -0.25) is 4.79 Å². The Kier molecular flexibility index (Phi) is 4.15. The van der Waals surface area contributed by atoms with E-state index in [1.54, 1.807) is 11.3 Å². The molecule has 0 spiro atoms. The fraction of sp³-hybridized carbons (Fsp3) is 0.0909. The summed E-state index contributed by atoms with van der Waals surface area (Å²) in [6.07, 6.45) is 0. The second-order valence-corrected chi connectivity index (χ2v) is 6.28. The molecule has 7 heteroatoms. The van der Waals surface area contributed by atoms with Crippen molar-refractivity contribution in [2.75, 3.05) is 0 Å². The highest BCUT2D eigenvalue weighted by atomic mass is 79.9. The number of amides is 1. The number of thiophene rings is 2. The number of rotatable bonds is 4. The Hall–Kier alpha value is -1.18. The monoisotopic (exact) mass is 345 g/mol. The fourth-order valence-corrected chi connectivity index (χ4v) is 3.47. The van der Waals surface area contributed by atoms with Gasteiger partial charge in [-0.25, -0.2) is 4.79 Å². The molecule has 0 aliphatic heterocycles. The second kappa shape index (κ2) is 5.64. The molecule has 0 fully saturated rings. The first-order chi connectivity index (χ1) is 8.58. The first-order valence-corrected chi connectivity index (χ1v) is 7.40. The summed E-state index contributed by atoms with van der Waals surface area (Å²) in [5.74, 6) is -1.27. The van der Waals surface area contributed by atoms with Crippen molar-refractivity contribution in [3.8, 4) is 0 Å².